The molecule has 2 aromatic carbocycles. The Morgan fingerprint density at radius 2 is 1.97 bits per heavy atom. The molecular formula is C26H32N2O2. The van der Waals surface area contributed by atoms with Gasteiger partial charge < -0.3 is 15.0 Å². The van der Waals surface area contributed by atoms with Crippen LogP contribution in [0.5, 0.6) is 5.75 Å². The number of amides is 1. The van der Waals surface area contributed by atoms with Gasteiger partial charge in [0.05, 0.1) is 18.2 Å². The Hall–Kier alpha value is -2.75. The highest BCUT2D eigenvalue weighted by Crippen LogP contribution is 2.35. The van der Waals surface area contributed by atoms with Crippen LogP contribution >= 0.6 is 0 Å². The molecule has 1 atom stereocenters. The third kappa shape index (κ3) is 5.24. The van der Waals surface area contributed by atoms with Gasteiger partial charge in [-0.1, -0.05) is 53.6 Å². The monoisotopic (exact) mass is 404 g/mol. The van der Waals surface area contributed by atoms with E-state index in [1.807, 2.05) is 18.2 Å². The summed E-state index contributed by atoms with van der Waals surface area (Å²) in [5, 5.41) is 3.13. The zero-order chi connectivity index (χ0) is 20.8. The molecule has 2 aromatic rings. The molecule has 0 fully saturated rings. The van der Waals surface area contributed by atoms with Gasteiger partial charge in [0.2, 0.25) is 5.91 Å². The van der Waals surface area contributed by atoms with Gasteiger partial charge >= 0.3 is 0 Å². The quantitative estimate of drug-likeness (QED) is 0.648. The van der Waals surface area contributed by atoms with Crippen molar-refractivity contribution in [2.75, 3.05) is 18.1 Å². The highest BCUT2D eigenvalue weighted by atomic mass is 16.5. The van der Waals surface area contributed by atoms with Crippen molar-refractivity contribution >= 4 is 11.6 Å². The van der Waals surface area contributed by atoms with E-state index in [1.54, 1.807) is 0 Å². The largest absolute Gasteiger partial charge is 0.489 e. The van der Waals surface area contributed by atoms with Crippen molar-refractivity contribution in [1.82, 2.24) is 5.32 Å². The summed E-state index contributed by atoms with van der Waals surface area (Å²) in [6.45, 7) is 4.13. The summed E-state index contributed by atoms with van der Waals surface area (Å²) in [4.78, 5) is 15.0. The molecule has 158 valence electrons. The number of ether oxygens (including phenoxy) is 1. The minimum Gasteiger partial charge on any atom is -0.489 e. The number of benzene rings is 2. The molecule has 4 nitrogen and oxygen atoms in total. The molecule has 1 N–H and O–H groups in total. The number of para-hydroxylation sites is 2. The van der Waals surface area contributed by atoms with Crippen LogP contribution in [0.25, 0.3) is 0 Å². The predicted octanol–water partition coefficient (Wildman–Crippen LogP) is 5.16. The summed E-state index contributed by atoms with van der Waals surface area (Å²) in [5.41, 5.74) is 5.06. The summed E-state index contributed by atoms with van der Waals surface area (Å²) >= 11 is 0. The molecule has 0 spiro atoms. The maximum absolute atomic E-state index is 12.7. The number of rotatable bonds is 7. The lowest BCUT2D eigenvalue weighted by molar-refractivity contribution is -0.121. The van der Waals surface area contributed by atoms with Crippen molar-refractivity contribution in [3.05, 3.63) is 71.3 Å². The van der Waals surface area contributed by atoms with E-state index in [1.165, 1.54) is 42.4 Å². The number of allylic oxidation sites excluding steroid dienone is 1. The van der Waals surface area contributed by atoms with E-state index in [9.17, 15) is 4.79 Å². The number of nitrogens with zero attached hydrogens (tertiary/aromatic N) is 1. The van der Waals surface area contributed by atoms with Crippen LogP contribution < -0.4 is 15.0 Å². The van der Waals surface area contributed by atoms with Gasteiger partial charge in [-0.25, -0.2) is 0 Å². The second-order valence-electron chi connectivity index (χ2n) is 8.46. The first kappa shape index (κ1) is 20.5. The van der Waals surface area contributed by atoms with Crippen LogP contribution in [0.1, 0.15) is 49.7 Å². The third-order valence-electron chi connectivity index (χ3n) is 6.09. The highest BCUT2D eigenvalue weighted by Gasteiger charge is 2.29. The Balaban J connectivity index is 1.40. The Kier molecular flexibility index (Phi) is 6.73. The number of fused-ring (bicyclic) bond motifs is 1. The van der Waals surface area contributed by atoms with Crippen LogP contribution in [0.3, 0.4) is 0 Å². The average Bonchev–Trinajstić information content (AvgIpc) is 2.77. The van der Waals surface area contributed by atoms with Crippen molar-refractivity contribution in [2.24, 2.45) is 0 Å². The van der Waals surface area contributed by atoms with E-state index in [-0.39, 0.29) is 11.9 Å². The van der Waals surface area contributed by atoms with Gasteiger partial charge in [-0.15, -0.1) is 0 Å². The molecule has 0 saturated carbocycles. The first-order valence-corrected chi connectivity index (χ1v) is 11.2. The first-order valence-electron chi connectivity index (χ1n) is 11.2. The number of hydrogen-bond acceptors (Lipinski definition) is 3. The van der Waals surface area contributed by atoms with Gasteiger partial charge in [0.1, 0.15) is 12.4 Å². The van der Waals surface area contributed by atoms with Gasteiger partial charge in [0, 0.05) is 13.1 Å². The SMILES string of the molecule is Cc1ccc(CN2c3ccccc3OC[C@H]2CC(=O)NCCC2=CCCCC2)cc1. The van der Waals surface area contributed by atoms with Crippen molar-refractivity contribution < 1.29 is 9.53 Å². The summed E-state index contributed by atoms with van der Waals surface area (Å²) < 4.78 is 5.99. The standard InChI is InChI=1S/C26H32N2O2/c1-20-11-13-22(14-12-20)18-28-23(19-30-25-10-6-5-9-24(25)28)17-26(29)27-16-15-21-7-3-2-4-8-21/h5-7,9-14,23H,2-4,8,15-19H2,1H3,(H,27,29)/t23-/m1/s1. The number of nitrogens with one attached hydrogen (secondary N) is 1. The average molecular weight is 405 g/mol. The molecule has 2 aliphatic rings. The number of aryl methyl sites for hydroxylation is 1. The zero-order valence-corrected chi connectivity index (χ0v) is 17.9. The topological polar surface area (TPSA) is 41.6 Å². The van der Waals surface area contributed by atoms with Crippen LogP contribution in [-0.2, 0) is 11.3 Å². The molecule has 0 saturated heterocycles. The lowest BCUT2D eigenvalue weighted by Crippen LogP contribution is -2.45. The van der Waals surface area contributed by atoms with Gasteiger partial charge in [0.25, 0.3) is 0 Å². The van der Waals surface area contributed by atoms with Crippen LogP contribution in [0.2, 0.25) is 0 Å². The van der Waals surface area contributed by atoms with E-state index in [0.29, 0.717) is 13.0 Å². The normalized spacial score (nSPS) is 18.2. The van der Waals surface area contributed by atoms with E-state index in [4.69, 9.17) is 4.74 Å². The fourth-order valence-electron chi connectivity index (χ4n) is 4.34. The Bertz CT molecular complexity index is 888. The molecule has 1 aliphatic heterocycles. The second kappa shape index (κ2) is 9.84. The third-order valence-corrected chi connectivity index (χ3v) is 6.09. The first-order chi connectivity index (χ1) is 14.7. The van der Waals surface area contributed by atoms with E-state index >= 15 is 0 Å². The molecule has 0 radical (unpaired) electrons. The predicted molar refractivity (Wildman–Crippen MR) is 122 cm³/mol. The van der Waals surface area contributed by atoms with E-state index in [2.05, 4.69) is 53.5 Å². The Morgan fingerprint density at radius 1 is 1.13 bits per heavy atom. The molecule has 1 heterocycles. The summed E-state index contributed by atoms with van der Waals surface area (Å²) in [6.07, 6.45) is 8.73. The van der Waals surface area contributed by atoms with Gasteiger partial charge in [-0.05, 0) is 56.7 Å². The molecule has 0 bridgehead atoms. The maximum atomic E-state index is 12.7. The van der Waals surface area contributed by atoms with Crippen LogP contribution in [0.15, 0.2) is 60.2 Å². The fourth-order valence-corrected chi connectivity index (χ4v) is 4.34. The van der Waals surface area contributed by atoms with Gasteiger partial charge in [0.15, 0.2) is 0 Å². The highest BCUT2D eigenvalue weighted by molar-refractivity contribution is 5.77. The smallest absolute Gasteiger partial charge is 0.222 e. The fraction of sp³-hybridized carbons (Fsp3) is 0.423. The zero-order valence-electron chi connectivity index (χ0n) is 17.9. The summed E-state index contributed by atoms with van der Waals surface area (Å²) in [6, 6.07) is 16.8. The Morgan fingerprint density at radius 3 is 2.77 bits per heavy atom. The molecule has 1 aliphatic carbocycles. The minimum absolute atomic E-state index is 0.0232. The number of carbonyl (C=O) groups is 1. The van der Waals surface area contributed by atoms with Crippen LogP contribution in [0, 0.1) is 6.92 Å². The summed E-state index contributed by atoms with van der Waals surface area (Å²) in [7, 11) is 0. The molecule has 30 heavy (non-hydrogen) atoms. The van der Waals surface area contributed by atoms with Crippen LogP contribution in [0.4, 0.5) is 5.69 Å². The van der Waals surface area contributed by atoms with Gasteiger partial charge in [-0.2, -0.15) is 0 Å². The lowest BCUT2D eigenvalue weighted by Gasteiger charge is -2.38. The lowest BCUT2D eigenvalue weighted by atomic mass is 9.97. The maximum Gasteiger partial charge on any atom is 0.222 e. The Labute approximate surface area is 179 Å². The van der Waals surface area contributed by atoms with E-state index in [0.717, 1.165) is 30.9 Å². The molecule has 0 unspecified atom stereocenters. The molecular weight excluding hydrogens is 372 g/mol. The number of anilines is 1. The minimum atomic E-state index is 0.0232. The second-order valence-corrected chi connectivity index (χ2v) is 8.46. The van der Waals surface area contributed by atoms with E-state index < -0.39 is 0 Å². The van der Waals surface area contributed by atoms with Crippen molar-refractivity contribution in [1.29, 1.82) is 0 Å². The molecule has 4 heteroatoms. The number of carbonyl (C=O) groups excluding carboxylic acids is 1. The molecule has 4 rings (SSSR count). The summed E-state index contributed by atoms with van der Waals surface area (Å²) in [5.74, 6) is 0.999. The van der Waals surface area contributed by atoms with Gasteiger partial charge in [-0.3, -0.25) is 4.79 Å². The van der Waals surface area contributed by atoms with Crippen molar-refractivity contribution in [3.63, 3.8) is 0 Å². The molecule has 0 aromatic heterocycles. The molecule has 1 amide bonds. The van der Waals surface area contributed by atoms with Crippen LogP contribution in [-0.4, -0.2) is 25.1 Å². The number of hydrogen-bond donors (Lipinski definition) is 1. The van der Waals surface area contributed by atoms with Crippen molar-refractivity contribution in [3.8, 4) is 5.75 Å². The van der Waals surface area contributed by atoms with Crippen molar-refractivity contribution in [2.45, 2.75) is 58.0 Å².